The second kappa shape index (κ2) is 7.76. The highest BCUT2D eigenvalue weighted by molar-refractivity contribution is 7.98. The molecule has 1 heterocycles. The van der Waals surface area contributed by atoms with E-state index in [0.29, 0.717) is 5.75 Å². The van der Waals surface area contributed by atoms with Crippen LogP contribution in [0, 0.1) is 11.6 Å². The van der Waals surface area contributed by atoms with E-state index in [1.165, 1.54) is 24.3 Å². The average molecular weight is 378 g/mol. The molecule has 0 aliphatic rings. The van der Waals surface area contributed by atoms with E-state index in [2.05, 4.69) is 4.98 Å². The third-order valence-electron chi connectivity index (χ3n) is 4.17. The molecule has 0 saturated carbocycles. The Morgan fingerprint density at radius 1 is 0.778 bits per heavy atom. The van der Waals surface area contributed by atoms with E-state index >= 15 is 0 Å². The van der Waals surface area contributed by atoms with Gasteiger partial charge >= 0.3 is 0 Å². The molecule has 1 aromatic heterocycles. The summed E-state index contributed by atoms with van der Waals surface area (Å²) in [7, 11) is 0. The van der Waals surface area contributed by atoms with Crippen molar-refractivity contribution in [3.63, 3.8) is 0 Å². The summed E-state index contributed by atoms with van der Waals surface area (Å²) in [6, 6.07) is 22.8. The lowest BCUT2D eigenvalue weighted by Gasteiger charge is -2.12. The van der Waals surface area contributed by atoms with Crippen molar-refractivity contribution in [3.8, 4) is 16.9 Å². The molecule has 0 spiro atoms. The summed E-state index contributed by atoms with van der Waals surface area (Å²) in [5, 5.41) is 0.796. The summed E-state index contributed by atoms with van der Waals surface area (Å²) in [4.78, 5) is 4.58. The Kier molecular flexibility index (Phi) is 5.03. The lowest BCUT2D eigenvalue weighted by atomic mass is 10.1. The molecule has 0 aliphatic heterocycles. The quantitative estimate of drug-likeness (QED) is 0.390. The molecule has 0 amide bonds. The van der Waals surface area contributed by atoms with Crippen molar-refractivity contribution >= 4 is 11.8 Å². The van der Waals surface area contributed by atoms with Gasteiger partial charge < -0.3 is 0 Å². The first kappa shape index (κ1) is 17.5. The van der Waals surface area contributed by atoms with Gasteiger partial charge in [-0.3, -0.25) is 4.57 Å². The van der Waals surface area contributed by atoms with Crippen LogP contribution in [0.1, 0.15) is 5.56 Å². The normalized spacial score (nSPS) is 10.9. The van der Waals surface area contributed by atoms with E-state index in [0.717, 1.165) is 27.7 Å². The van der Waals surface area contributed by atoms with Crippen LogP contribution in [0.4, 0.5) is 8.78 Å². The number of hydrogen-bond acceptors (Lipinski definition) is 2. The monoisotopic (exact) mass is 378 g/mol. The summed E-state index contributed by atoms with van der Waals surface area (Å²) >= 11 is 1.56. The molecule has 0 fully saturated rings. The molecule has 5 heteroatoms. The van der Waals surface area contributed by atoms with Crippen molar-refractivity contribution in [1.82, 2.24) is 9.55 Å². The lowest BCUT2D eigenvalue weighted by Crippen LogP contribution is -1.99. The van der Waals surface area contributed by atoms with Crippen molar-refractivity contribution < 1.29 is 8.78 Å². The van der Waals surface area contributed by atoms with E-state index < -0.39 is 0 Å². The van der Waals surface area contributed by atoms with Crippen LogP contribution < -0.4 is 0 Å². The molecule has 0 atom stereocenters. The van der Waals surface area contributed by atoms with Gasteiger partial charge in [-0.05, 0) is 42.0 Å². The summed E-state index contributed by atoms with van der Waals surface area (Å²) in [5.41, 5.74) is 3.82. The van der Waals surface area contributed by atoms with Crippen LogP contribution in [0.15, 0.2) is 90.2 Å². The van der Waals surface area contributed by atoms with Gasteiger partial charge in [0.1, 0.15) is 11.6 Å². The molecular formula is C22H16F2N2S. The predicted octanol–water partition coefficient (Wildman–Crippen LogP) is 6.11. The van der Waals surface area contributed by atoms with Crippen molar-refractivity contribution in [2.24, 2.45) is 0 Å². The minimum atomic E-state index is -0.277. The van der Waals surface area contributed by atoms with Crippen LogP contribution in [0.5, 0.6) is 0 Å². The molecule has 0 unspecified atom stereocenters. The summed E-state index contributed by atoms with van der Waals surface area (Å²) in [6.07, 6.45) is 1.83. The Morgan fingerprint density at radius 3 is 2.07 bits per heavy atom. The highest BCUT2D eigenvalue weighted by Crippen LogP contribution is 2.31. The van der Waals surface area contributed by atoms with Crippen molar-refractivity contribution in [2.45, 2.75) is 10.9 Å². The van der Waals surface area contributed by atoms with Gasteiger partial charge in [-0.15, -0.1) is 0 Å². The number of thioether (sulfide) groups is 1. The van der Waals surface area contributed by atoms with Crippen molar-refractivity contribution in [1.29, 1.82) is 0 Å². The zero-order chi connectivity index (χ0) is 18.6. The van der Waals surface area contributed by atoms with Crippen LogP contribution in [0.2, 0.25) is 0 Å². The maximum Gasteiger partial charge on any atom is 0.173 e. The fourth-order valence-corrected chi connectivity index (χ4v) is 3.77. The molecule has 0 radical (unpaired) electrons. The van der Waals surface area contributed by atoms with Gasteiger partial charge in [-0.1, -0.05) is 54.2 Å². The summed E-state index contributed by atoms with van der Waals surface area (Å²) in [5.74, 6) is 0.135. The maximum atomic E-state index is 13.4. The second-order valence-corrected chi connectivity index (χ2v) is 6.96. The number of hydrogen-bond donors (Lipinski definition) is 0. The molecule has 0 saturated heterocycles. The lowest BCUT2D eigenvalue weighted by molar-refractivity contribution is 0.626. The van der Waals surface area contributed by atoms with Gasteiger partial charge in [-0.2, -0.15) is 0 Å². The van der Waals surface area contributed by atoms with Crippen molar-refractivity contribution in [3.05, 3.63) is 102 Å². The first-order chi connectivity index (χ1) is 13.2. The third kappa shape index (κ3) is 3.93. The zero-order valence-electron chi connectivity index (χ0n) is 14.3. The SMILES string of the molecule is Fc1ccc(CSc2ncc(-c3ccccc3)n2-c2ccc(F)cc2)cc1. The van der Waals surface area contributed by atoms with Crippen molar-refractivity contribution in [2.75, 3.05) is 0 Å². The van der Waals surface area contributed by atoms with Gasteiger partial charge in [0.25, 0.3) is 0 Å². The number of nitrogens with zero attached hydrogens (tertiary/aromatic N) is 2. The molecule has 27 heavy (non-hydrogen) atoms. The third-order valence-corrected chi connectivity index (χ3v) is 5.19. The smallest absolute Gasteiger partial charge is 0.173 e. The van der Waals surface area contributed by atoms with Crippen LogP contribution in [-0.4, -0.2) is 9.55 Å². The Balaban J connectivity index is 1.71. The highest BCUT2D eigenvalue weighted by atomic mass is 32.2. The fourth-order valence-electron chi connectivity index (χ4n) is 2.82. The molecule has 0 N–H and O–H groups in total. The van der Waals surface area contributed by atoms with Gasteiger partial charge in [0.15, 0.2) is 5.16 Å². The first-order valence-electron chi connectivity index (χ1n) is 8.47. The number of aromatic nitrogens is 2. The predicted molar refractivity (Wildman–Crippen MR) is 105 cm³/mol. The van der Waals surface area contributed by atoms with E-state index in [1.807, 2.05) is 41.1 Å². The van der Waals surface area contributed by atoms with Crippen LogP contribution in [0.3, 0.4) is 0 Å². The zero-order valence-corrected chi connectivity index (χ0v) is 15.2. The number of imidazole rings is 1. The Labute approximate surface area is 160 Å². The minimum absolute atomic E-state index is 0.247. The highest BCUT2D eigenvalue weighted by Gasteiger charge is 2.14. The van der Waals surface area contributed by atoms with E-state index in [-0.39, 0.29) is 11.6 Å². The molecule has 3 aromatic carbocycles. The van der Waals surface area contributed by atoms with Crippen LogP contribution in [-0.2, 0) is 5.75 Å². The molecule has 4 aromatic rings. The topological polar surface area (TPSA) is 17.8 Å². The standard InChI is InChI=1S/C22H16F2N2S/c23-18-8-6-16(7-9-18)15-27-22-25-14-21(17-4-2-1-3-5-17)26(22)20-12-10-19(24)11-13-20/h1-14H,15H2. The number of benzene rings is 3. The Morgan fingerprint density at radius 2 is 1.41 bits per heavy atom. The molecule has 4 rings (SSSR count). The summed E-state index contributed by atoms with van der Waals surface area (Å²) in [6.45, 7) is 0. The van der Waals surface area contributed by atoms with Gasteiger partial charge in [0.05, 0.1) is 11.9 Å². The fraction of sp³-hybridized carbons (Fsp3) is 0.0455. The molecule has 134 valence electrons. The number of halogens is 2. The van der Waals surface area contributed by atoms with Gasteiger partial charge in [0.2, 0.25) is 0 Å². The molecule has 0 bridgehead atoms. The Hall–Kier alpha value is -2.92. The molecular weight excluding hydrogens is 362 g/mol. The largest absolute Gasteiger partial charge is 0.287 e. The average Bonchev–Trinajstić information content (AvgIpc) is 3.13. The van der Waals surface area contributed by atoms with Crippen LogP contribution in [0.25, 0.3) is 16.9 Å². The summed E-state index contributed by atoms with van der Waals surface area (Å²) < 4.78 is 28.5. The first-order valence-corrected chi connectivity index (χ1v) is 9.45. The number of rotatable bonds is 5. The van der Waals surface area contributed by atoms with Gasteiger partial charge in [0, 0.05) is 17.0 Å². The van der Waals surface area contributed by atoms with Crippen LogP contribution >= 0.6 is 11.8 Å². The second-order valence-electron chi connectivity index (χ2n) is 6.02. The van der Waals surface area contributed by atoms with E-state index in [4.69, 9.17) is 0 Å². The molecule has 0 aliphatic carbocycles. The molecule has 2 nitrogen and oxygen atoms in total. The van der Waals surface area contributed by atoms with E-state index in [9.17, 15) is 8.78 Å². The maximum absolute atomic E-state index is 13.4. The van der Waals surface area contributed by atoms with Gasteiger partial charge in [-0.25, -0.2) is 13.8 Å². The van der Waals surface area contributed by atoms with E-state index in [1.54, 1.807) is 36.0 Å². The Bertz CT molecular complexity index is 1030. The minimum Gasteiger partial charge on any atom is -0.287 e.